The van der Waals surface area contributed by atoms with Crippen molar-refractivity contribution in [1.82, 2.24) is 14.7 Å². The smallest absolute Gasteiger partial charge is 0.261 e. The molecule has 0 unspecified atom stereocenters. The molecule has 0 saturated carbocycles. The number of ketones is 1. The minimum atomic E-state index is -0.717. The molecule has 0 bridgehead atoms. The third kappa shape index (κ3) is 8.21. The number of hydrogen-bond acceptors (Lipinski definition) is 10. The number of benzene rings is 10. The first-order valence-electron chi connectivity index (χ1n) is 31.1. The lowest BCUT2D eigenvalue weighted by Gasteiger charge is -2.41. The quantitative estimate of drug-likeness (QED) is 0.0356. The van der Waals surface area contributed by atoms with Gasteiger partial charge in [0, 0.05) is 77.2 Å². The number of imide groups is 3. The number of allylic oxidation sites excluding steroid dienone is 1. The molecule has 14 rings (SSSR count). The molecule has 0 spiro atoms. The van der Waals surface area contributed by atoms with Crippen molar-refractivity contribution in [1.29, 1.82) is 0 Å². The summed E-state index contributed by atoms with van der Waals surface area (Å²) >= 11 is 0. The van der Waals surface area contributed by atoms with Crippen LogP contribution in [0.3, 0.4) is 0 Å². The molecule has 10 aromatic rings. The molecule has 0 atom stereocenters. The van der Waals surface area contributed by atoms with Crippen LogP contribution in [0.5, 0.6) is 0 Å². The van der Waals surface area contributed by atoms with Gasteiger partial charge in [0.15, 0.2) is 5.78 Å². The number of aliphatic hydroxyl groups excluding tert-OH is 1. The summed E-state index contributed by atoms with van der Waals surface area (Å²) in [5.74, 6) is -2.49. The highest BCUT2D eigenvalue weighted by Crippen LogP contribution is 2.52. The summed E-state index contributed by atoms with van der Waals surface area (Å²) in [6.07, 6.45) is 5.17. The summed E-state index contributed by atoms with van der Waals surface area (Å²) in [5.41, 5.74) is 3.06. The van der Waals surface area contributed by atoms with Gasteiger partial charge >= 0.3 is 0 Å². The summed E-state index contributed by atoms with van der Waals surface area (Å²) in [7, 11) is 0. The van der Waals surface area contributed by atoms with Gasteiger partial charge in [-0.1, -0.05) is 117 Å². The van der Waals surface area contributed by atoms with E-state index in [2.05, 4.69) is 41.5 Å². The molecule has 1 aliphatic carbocycles. The Labute approximate surface area is 509 Å². The first kappa shape index (κ1) is 57.1. The number of hydrogen-bond donors (Lipinski definition) is 1. The van der Waals surface area contributed by atoms with Gasteiger partial charge in [0.05, 0.1) is 39.5 Å². The van der Waals surface area contributed by atoms with Crippen molar-refractivity contribution >= 4 is 133 Å². The molecular formula is C75H71N3O10. The maximum absolute atomic E-state index is 14.5. The van der Waals surface area contributed by atoms with E-state index in [4.69, 9.17) is 9.47 Å². The molecule has 0 radical (unpaired) electrons. The molecule has 6 amide bonds. The Hall–Kier alpha value is -8.65. The Kier molecular flexibility index (Phi) is 12.9. The fraction of sp³-hybridized carbons (Fsp3) is 0.347. The molecule has 10 aromatic carbocycles. The van der Waals surface area contributed by atoms with Crippen molar-refractivity contribution in [3.63, 3.8) is 0 Å². The topological polar surface area (TPSA) is 168 Å². The maximum atomic E-state index is 14.5. The number of ether oxygens (including phenoxy) is 2. The zero-order valence-electron chi connectivity index (χ0n) is 51.7. The Bertz CT molecular complexity index is 4660. The average Bonchev–Trinajstić information content (AvgIpc) is 0.705. The van der Waals surface area contributed by atoms with Gasteiger partial charge in [-0.05, 0) is 169 Å². The standard InChI is InChI=1S/C75H71N3O10/c1-11-72(3,4)29-31-74(7,8)63-64(79)47-21-13-39-41-15-23-49-60-50(24-16-42(56(41)60)40-14-22-48(65(63)80)59(47)55(39)40)67(82)76(66(49)81)33-35-87-37-38-88-36-34-77-68(83)51-25-17-43-45-19-27-53-62-54(71(86)78(70(53)85)75(9,10)32-30-73(5,6)12-2)28-20-46(58(45)62)44-18-26-52(69(77)84)61(51)57(43)44/h13-28,79H,11-12,29-38H2,1-10H3. The molecule has 3 heterocycles. The van der Waals surface area contributed by atoms with E-state index < -0.39 is 34.6 Å². The van der Waals surface area contributed by atoms with Gasteiger partial charge in [-0.15, -0.1) is 0 Å². The van der Waals surface area contributed by atoms with Crippen molar-refractivity contribution in [2.24, 2.45) is 16.2 Å². The van der Waals surface area contributed by atoms with E-state index >= 15 is 0 Å². The number of fused-ring (bicyclic) bond motifs is 4. The summed E-state index contributed by atoms with van der Waals surface area (Å²) in [4.78, 5) is 105. The predicted molar refractivity (Wildman–Crippen MR) is 347 cm³/mol. The van der Waals surface area contributed by atoms with Crippen LogP contribution in [0.15, 0.2) is 103 Å². The highest BCUT2D eigenvalue weighted by Gasteiger charge is 2.45. The number of carbonyl (C=O) groups is 7. The monoisotopic (exact) mass is 1170 g/mol. The van der Waals surface area contributed by atoms with E-state index in [1.165, 1.54) is 14.7 Å². The molecule has 0 fully saturated rings. The van der Waals surface area contributed by atoms with Crippen LogP contribution in [0, 0.1) is 16.2 Å². The summed E-state index contributed by atoms with van der Waals surface area (Å²) in [5, 5.41) is 24.4. The summed E-state index contributed by atoms with van der Waals surface area (Å²) in [6, 6.07) is 29.9. The Morgan fingerprint density at radius 1 is 0.352 bits per heavy atom. The van der Waals surface area contributed by atoms with Crippen LogP contribution in [0.25, 0.3) is 91.9 Å². The van der Waals surface area contributed by atoms with Crippen LogP contribution in [0.2, 0.25) is 0 Å². The number of aliphatic hydroxyl groups is 1. The second kappa shape index (κ2) is 19.9. The number of nitrogens with zero attached hydrogens (tertiary/aromatic N) is 3. The average molecular weight is 1170 g/mol. The van der Waals surface area contributed by atoms with Gasteiger partial charge in [-0.25, -0.2) is 0 Å². The minimum absolute atomic E-state index is 0.00136. The van der Waals surface area contributed by atoms with E-state index in [-0.39, 0.29) is 73.7 Å². The van der Waals surface area contributed by atoms with E-state index in [0.717, 1.165) is 96.7 Å². The molecule has 446 valence electrons. The summed E-state index contributed by atoms with van der Waals surface area (Å²) < 4.78 is 11.8. The SMILES string of the molecule is CCC(C)(C)CCC(C)(C)C1=C(O)c2ccc3c4ccc5c6c(ccc(c7ccc(c2c73)C1=O)c64)C(=O)N(CCOCCOCCN1C(=O)c2ccc3c4ccc6c7c(ccc(c8ccc(c2c38)C1=O)c74)C(=O)N(C(C)(C)CCC(C)(C)CC)C6=O)C5=O. The minimum Gasteiger partial charge on any atom is -0.507 e. The third-order valence-electron chi connectivity index (χ3n) is 20.9. The molecule has 0 aromatic heterocycles. The van der Waals surface area contributed by atoms with Crippen molar-refractivity contribution in [2.45, 2.75) is 113 Å². The van der Waals surface area contributed by atoms with Gasteiger partial charge in [-0.2, -0.15) is 0 Å². The first-order chi connectivity index (χ1) is 41.9. The maximum Gasteiger partial charge on any atom is 0.261 e. The zero-order chi connectivity index (χ0) is 62.0. The van der Waals surface area contributed by atoms with Crippen molar-refractivity contribution < 1.29 is 48.1 Å². The summed E-state index contributed by atoms with van der Waals surface area (Å²) in [6.45, 7) is 21.6. The van der Waals surface area contributed by atoms with Crippen LogP contribution < -0.4 is 0 Å². The van der Waals surface area contributed by atoms with E-state index in [1.54, 1.807) is 24.3 Å². The molecular weight excluding hydrogens is 1100 g/mol. The second-order valence-electron chi connectivity index (χ2n) is 27.8. The van der Waals surface area contributed by atoms with Crippen LogP contribution in [0.1, 0.15) is 186 Å². The van der Waals surface area contributed by atoms with Gasteiger partial charge in [0.25, 0.3) is 35.4 Å². The van der Waals surface area contributed by atoms with E-state index in [1.807, 2.05) is 100 Å². The van der Waals surface area contributed by atoms with Crippen LogP contribution in [-0.4, -0.2) is 106 Å². The normalized spacial score (nSPS) is 15.9. The Morgan fingerprint density at radius 2 is 0.648 bits per heavy atom. The second-order valence-corrected chi connectivity index (χ2v) is 27.8. The highest BCUT2D eigenvalue weighted by atomic mass is 16.5. The van der Waals surface area contributed by atoms with Crippen molar-refractivity contribution in [3.05, 3.63) is 147 Å². The number of rotatable bonds is 19. The zero-order valence-corrected chi connectivity index (χ0v) is 51.7. The molecule has 0 saturated heterocycles. The number of amides is 6. The van der Waals surface area contributed by atoms with Crippen LogP contribution in [-0.2, 0) is 9.47 Å². The van der Waals surface area contributed by atoms with Gasteiger partial charge < -0.3 is 14.6 Å². The molecule has 3 aliphatic heterocycles. The Balaban J connectivity index is 0.639. The van der Waals surface area contributed by atoms with Gasteiger partial charge in [-0.3, -0.25) is 48.3 Å². The molecule has 13 heteroatoms. The predicted octanol–water partition coefficient (Wildman–Crippen LogP) is 16.0. The van der Waals surface area contributed by atoms with Crippen molar-refractivity contribution in [2.75, 3.05) is 39.5 Å². The van der Waals surface area contributed by atoms with Gasteiger partial charge in [0.1, 0.15) is 5.76 Å². The third-order valence-corrected chi connectivity index (χ3v) is 20.9. The van der Waals surface area contributed by atoms with E-state index in [0.29, 0.717) is 78.0 Å². The fourth-order valence-electron chi connectivity index (χ4n) is 14.8. The lowest BCUT2D eigenvalue weighted by Crippen LogP contribution is -2.53. The lowest BCUT2D eigenvalue weighted by atomic mass is 9.69. The molecule has 13 nitrogen and oxygen atoms in total. The van der Waals surface area contributed by atoms with Gasteiger partial charge in [0.2, 0.25) is 0 Å². The van der Waals surface area contributed by atoms with Crippen LogP contribution >= 0.6 is 0 Å². The molecule has 1 N–H and O–H groups in total. The van der Waals surface area contributed by atoms with Crippen LogP contribution in [0.4, 0.5) is 0 Å². The lowest BCUT2D eigenvalue weighted by molar-refractivity contribution is 0.0264. The first-order valence-corrected chi connectivity index (χ1v) is 31.1. The van der Waals surface area contributed by atoms with Crippen molar-refractivity contribution in [3.8, 4) is 0 Å². The molecule has 4 aliphatic rings. The number of carbonyl (C=O) groups excluding carboxylic acids is 7. The largest absolute Gasteiger partial charge is 0.507 e. The highest BCUT2D eigenvalue weighted by molar-refractivity contribution is 6.43. The molecule has 88 heavy (non-hydrogen) atoms. The van der Waals surface area contributed by atoms with E-state index in [9.17, 15) is 38.7 Å². The Morgan fingerprint density at radius 3 is 0.989 bits per heavy atom. The fourth-order valence-corrected chi connectivity index (χ4v) is 14.8. The number of Topliss-reactive ketones (excluding diaryl/α,β-unsaturated/α-hetero) is 1.